The second-order valence-electron chi connectivity index (χ2n) is 4.72. The van der Waals surface area contributed by atoms with Crippen LogP contribution in [0.5, 0.6) is 17.2 Å². The third-order valence-corrected chi connectivity index (χ3v) is 3.02. The van der Waals surface area contributed by atoms with Gasteiger partial charge in [0.15, 0.2) is 11.5 Å². The number of methoxy groups -OCH3 is 3. The van der Waals surface area contributed by atoms with Crippen LogP contribution in [0.25, 0.3) is 0 Å². The molecule has 0 saturated heterocycles. The average molecular weight is 298 g/mol. The first-order chi connectivity index (χ1) is 10.1. The van der Waals surface area contributed by atoms with Crippen molar-refractivity contribution in [3.8, 4) is 17.2 Å². The second kappa shape index (κ2) is 9.44. The highest BCUT2D eigenvalue weighted by atomic mass is 16.5. The molecule has 3 N–H and O–H groups in total. The van der Waals surface area contributed by atoms with Crippen LogP contribution in [-0.2, 0) is 6.54 Å². The SMILES string of the molecule is COc1ccc(CNCCNC[C@H](C)O)c(OC)c1OC. The zero-order valence-electron chi connectivity index (χ0n) is 13.2. The molecule has 6 heteroatoms. The van der Waals surface area contributed by atoms with Crippen LogP contribution in [0.1, 0.15) is 12.5 Å². The Balaban J connectivity index is 2.55. The molecule has 0 amide bonds. The summed E-state index contributed by atoms with van der Waals surface area (Å²) in [6.45, 7) is 4.61. The smallest absolute Gasteiger partial charge is 0.203 e. The van der Waals surface area contributed by atoms with Crippen LogP contribution in [0.2, 0.25) is 0 Å². The van der Waals surface area contributed by atoms with Crippen molar-refractivity contribution < 1.29 is 19.3 Å². The largest absolute Gasteiger partial charge is 0.493 e. The molecule has 0 aliphatic heterocycles. The van der Waals surface area contributed by atoms with Crippen molar-refractivity contribution in [2.75, 3.05) is 41.0 Å². The van der Waals surface area contributed by atoms with Crippen molar-refractivity contribution in [1.82, 2.24) is 10.6 Å². The van der Waals surface area contributed by atoms with E-state index >= 15 is 0 Å². The molecule has 0 spiro atoms. The third-order valence-electron chi connectivity index (χ3n) is 3.02. The topological polar surface area (TPSA) is 72.0 Å². The van der Waals surface area contributed by atoms with Gasteiger partial charge in [-0.05, 0) is 13.0 Å². The van der Waals surface area contributed by atoms with Gasteiger partial charge in [0.25, 0.3) is 0 Å². The number of benzene rings is 1. The molecule has 1 rings (SSSR count). The number of rotatable bonds is 10. The van der Waals surface area contributed by atoms with Gasteiger partial charge in [0.1, 0.15) is 0 Å². The minimum atomic E-state index is -0.323. The maximum Gasteiger partial charge on any atom is 0.203 e. The van der Waals surface area contributed by atoms with E-state index < -0.39 is 0 Å². The molecule has 0 fully saturated rings. The van der Waals surface area contributed by atoms with E-state index in [1.165, 1.54) is 0 Å². The number of ether oxygens (including phenoxy) is 3. The number of nitrogens with one attached hydrogen (secondary N) is 2. The summed E-state index contributed by atoms with van der Waals surface area (Å²) in [6.07, 6.45) is -0.323. The van der Waals surface area contributed by atoms with Crippen LogP contribution in [0.4, 0.5) is 0 Å². The zero-order chi connectivity index (χ0) is 15.7. The fraction of sp³-hybridized carbons (Fsp3) is 0.600. The predicted octanol–water partition coefficient (Wildman–Crippen LogP) is 0.772. The first kappa shape index (κ1) is 17.6. The number of hydrogen-bond acceptors (Lipinski definition) is 6. The summed E-state index contributed by atoms with van der Waals surface area (Å²) in [5, 5.41) is 15.6. The van der Waals surface area contributed by atoms with Crippen LogP contribution in [0.15, 0.2) is 12.1 Å². The fourth-order valence-corrected chi connectivity index (χ4v) is 2.01. The summed E-state index contributed by atoms with van der Waals surface area (Å²) in [4.78, 5) is 0. The van der Waals surface area contributed by atoms with Gasteiger partial charge in [-0.15, -0.1) is 0 Å². The van der Waals surface area contributed by atoms with E-state index in [4.69, 9.17) is 19.3 Å². The molecular formula is C15H26N2O4. The second-order valence-corrected chi connectivity index (χ2v) is 4.72. The summed E-state index contributed by atoms with van der Waals surface area (Å²) < 4.78 is 16.0. The maximum atomic E-state index is 9.14. The quantitative estimate of drug-likeness (QED) is 0.554. The highest BCUT2D eigenvalue weighted by Crippen LogP contribution is 2.39. The Morgan fingerprint density at radius 1 is 1.00 bits per heavy atom. The monoisotopic (exact) mass is 298 g/mol. The summed E-state index contributed by atoms with van der Waals surface area (Å²) in [7, 11) is 4.81. The van der Waals surface area contributed by atoms with E-state index in [1.54, 1.807) is 28.3 Å². The lowest BCUT2D eigenvalue weighted by Crippen LogP contribution is -2.31. The van der Waals surface area contributed by atoms with E-state index in [0.29, 0.717) is 30.3 Å². The van der Waals surface area contributed by atoms with E-state index in [0.717, 1.165) is 18.7 Å². The van der Waals surface area contributed by atoms with E-state index in [2.05, 4.69) is 10.6 Å². The van der Waals surface area contributed by atoms with Gasteiger partial charge in [-0.2, -0.15) is 0 Å². The van der Waals surface area contributed by atoms with Crippen molar-refractivity contribution in [1.29, 1.82) is 0 Å². The van der Waals surface area contributed by atoms with E-state index in [1.807, 2.05) is 12.1 Å². The molecule has 1 atom stereocenters. The third kappa shape index (κ3) is 5.41. The normalized spacial score (nSPS) is 12.0. The van der Waals surface area contributed by atoms with Crippen molar-refractivity contribution in [2.45, 2.75) is 19.6 Å². The van der Waals surface area contributed by atoms with Gasteiger partial charge in [-0.25, -0.2) is 0 Å². The lowest BCUT2D eigenvalue weighted by atomic mass is 10.1. The highest BCUT2D eigenvalue weighted by molar-refractivity contribution is 5.55. The van der Waals surface area contributed by atoms with Gasteiger partial charge in [0, 0.05) is 31.7 Å². The molecule has 0 heterocycles. The van der Waals surface area contributed by atoms with Gasteiger partial charge in [-0.3, -0.25) is 0 Å². The Morgan fingerprint density at radius 3 is 2.24 bits per heavy atom. The molecule has 1 aromatic carbocycles. The average Bonchev–Trinajstić information content (AvgIpc) is 2.49. The molecule has 120 valence electrons. The Labute approximate surface area is 126 Å². The Bertz CT molecular complexity index is 424. The van der Waals surface area contributed by atoms with Gasteiger partial charge < -0.3 is 30.0 Å². The molecule has 6 nitrogen and oxygen atoms in total. The predicted molar refractivity (Wildman–Crippen MR) is 82.4 cm³/mol. The zero-order valence-corrected chi connectivity index (χ0v) is 13.2. The van der Waals surface area contributed by atoms with Crippen LogP contribution in [-0.4, -0.2) is 52.2 Å². The minimum absolute atomic E-state index is 0.323. The standard InChI is InChI=1S/C15H26N2O4/c1-11(18)9-16-7-8-17-10-12-5-6-13(19-2)15(21-4)14(12)20-3/h5-6,11,16-18H,7-10H2,1-4H3/t11-/m0/s1. The van der Waals surface area contributed by atoms with Crippen molar-refractivity contribution in [3.63, 3.8) is 0 Å². The Kier molecular flexibility index (Phi) is 7.89. The van der Waals surface area contributed by atoms with Crippen molar-refractivity contribution in [3.05, 3.63) is 17.7 Å². The van der Waals surface area contributed by atoms with Gasteiger partial charge in [0.05, 0.1) is 27.4 Å². The van der Waals surface area contributed by atoms with Crippen molar-refractivity contribution in [2.24, 2.45) is 0 Å². The summed E-state index contributed by atoms with van der Waals surface area (Å²) in [5.41, 5.74) is 1.01. The summed E-state index contributed by atoms with van der Waals surface area (Å²) in [5.74, 6) is 1.93. The van der Waals surface area contributed by atoms with Gasteiger partial charge in [0.2, 0.25) is 5.75 Å². The maximum absolute atomic E-state index is 9.14. The molecular weight excluding hydrogens is 272 g/mol. The molecule has 21 heavy (non-hydrogen) atoms. The molecule has 0 saturated carbocycles. The summed E-state index contributed by atoms with van der Waals surface area (Å²) >= 11 is 0. The van der Waals surface area contributed by atoms with Crippen LogP contribution in [0, 0.1) is 0 Å². The van der Waals surface area contributed by atoms with Crippen molar-refractivity contribution >= 4 is 0 Å². The fourth-order valence-electron chi connectivity index (χ4n) is 2.01. The van der Waals surface area contributed by atoms with E-state index in [-0.39, 0.29) is 6.10 Å². The lowest BCUT2D eigenvalue weighted by Gasteiger charge is -2.16. The Hall–Kier alpha value is -1.50. The first-order valence-corrected chi connectivity index (χ1v) is 7.01. The Morgan fingerprint density at radius 2 is 1.67 bits per heavy atom. The first-order valence-electron chi connectivity index (χ1n) is 7.01. The lowest BCUT2D eigenvalue weighted by molar-refractivity contribution is 0.191. The highest BCUT2D eigenvalue weighted by Gasteiger charge is 2.15. The molecule has 0 aliphatic carbocycles. The molecule has 1 aromatic rings. The van der Waals surface area contributed by atoms with Crippen LogP contribution >= 0.6 is 0 Å². The number of hydrogen-bond donors (Lipinski definition) is 3. The van der Waals surface area contributed by atoms with Crippen LogP contribution in [0.3, 0.4) is 0 Å². The molecule has 0 bridgehead atoms. The molecule has 0 unspecified atom stereocenters. The minimum Gasteiger partial charge on any atom is -0.493 e. The van der Waals surface area contributed by atoms with Gasteiger partial charge >= 0.3 is 0 Å². The number of aliphatic hydroxyl groups is 1. The molecule has 0 radical (unpaired) electrons. The van der Waals surface area contributed by atoms with Gasteiger partial charge in [-0.1, -0.05) is 6.07 Å². The van der Waals surface area contributed by atoms with Crippen LogP contribution < -0.4 is 24.8 Å². The molecule has 0 aliphatic rings. The molecule has 0 aromatic heterocycles. The summed E-state index contributed by atoms with van der Waals surface area (Å²) in [6, 6.07) is 3.82. The number of aliphatic hydroxyl groups excluding tert-OH is 1. The van der Waals surface area contributed by atoms with E-state index in [9.17, 15) is 0 Å².